The van der Waals surface area contributed by atoms with E-state index in [-0.39, 0.29) is 5.76 Å². The topological polar surface area (TPSA) is 30.2 Å². The van der Waals surface area contributed by atoms with Crippen LogP contribution in [0.1, 0.15) is 21.7 Å². The van der Waals surface area contributed by atoms with E-state index >= 15 is 0 Å². The number of halogens is 4. The van der Waals surface area contributed by atoms with Crippen LogP contribution in [-0.4, -0.2) is 5.78 Å². The summed E-state index contributed by atoms with van der Waals surface area (Å²) in [5.74, 6) is -2.17. The van der Waals surface area contributed by atoms with E-state index in [9.17, 15) is 22.4 Å². The number of carbonyl (C=O) groups excluding carboxylic acids is 1. The van der Waals surface area contributed by atoms with Crippen molar-refractivity contribution in [3.05, 3.63) is 59.3 Å². The van der Waals surface area contributed by atoms with Gasteiger partial charge in [-0.15, -0.1) is 0 Å². The van der Waals surface area contributed by atoms with Gasteiger partial charge in [-0.05, 0) is 30.3 Å². The standard InChI is InChI=1S/C12H6F4O2/c13-9-4-3-7(12(14,15)16)6-8(9)11(17)10-2-1-5-18-10/h1-6H. The molecular formula is C12H6F4O2. The number of benzene rings is 1. The van der Waals surface area contributed by atoms with Crippen molar-refractivity contribution in [2.75, 3.05) is 0 Å². The average Bonchev–Trinajstić information content (AvgIpc) is 2.80. The maximum atomic E-state index is 13.4. The number of hydrogen-bond donors (Lipinski definition) is 0. The first-order valence-corrected chi connectivity index (χ1v) is 4.84. The molecule has 1 heterocycles. The molecule has 0 N–H and O–H groups in total. The Kier molecular flexibility index (Phi) is 2.94. The molecule has 2 rings (SSSR count). The van der Waals surface area contributed by atoms with Crippen LogP contribution in [-0.2, 0) is 6.18 Å². The summed E-state index contributed by atoms with van der Waals surface area (Å²) in [5.41, 5.74) is -1.75. The second kappa shape index (κ2) is 4.29. The SMILES string of the molecule is O=C(c1ccco1)c1cc(C(F)(F)F)ccc1F. The number of furan rings is 1. The maximum Gasteiger partial charge on any atom is 0.416 e. The Hall–Kier alpha value is -2.11. The molecular weight excluding hydrogens is 252 g/mol. The van der Waals surface area contributed by atoms with Crippen molar-refractivity contribution in [2.24, 2.45) is 0 Å². The molecule has 0 aliphatic heterocycles. The highest BCUT2D eigenvalue weighted by atomic mass is 19.4. The minimum absolute atomic E-state index is 0.215. The fraction of sp³-hybridized carbons (Fsp3) is 0.0833. The summed E-state index contributed by atoms with van der Waals surface area (Å²) in [7, 11) is 0. The molecule has 0 amide bonds. The molecule has 0 unspecified atom stereocenters. The lowest BCUT2D eigenvalue weighted by Crippen LogP contribution is -2.09. The monoisotopic (exact) mass is 258 g/mol. The lowest BCUT2D eigenvalue weighted by atomic mass is 10.0. The summed E-state index contributed by atoms with van der Waals surface area (Å²) >= 11 is 0. The van der Waals surface area contributed by atoms with Gasteiger partial charge in [-0.1, -0.05) is 0 Å². The summed E-state index contributed by atoms with van der Waals surface area (Å²) in [6.07, 6.45) is -3.45. The Bertz CT molecular complexity index is 570. The molecule has 0 spiro atoms. The van der Waals surface area contributed by atoms with Crippen molar-refractivity contribution >= 4 is 5.78 Å². The van der Waals surface area contributed by atoms with Crippen molar-refractivity contribution in [2.45, 2.75) is 6.18 Å². The molecule has 0 aliphatic carbocycles. The highest BCUT2D eigenvalue weighted by Gasteiger charge is 2.32. The first-order valence-electron chi connectivity index (χ1n) is 4.84. The molecule has 2 aromatic rings. The molecule has 18 heavy (non-hydrogen) atoms. The number of alkyl halides is 3. The van der Waals surface area contributed by atoms with Gasteiger partial charge in [0.1, 0.15) is 5.82 Å². The van der Waals surface area contributed by atoms with E-state index in [1.54, 1.807) is 0 Å². The van der Waals surface area contributed by atoms with Gasteiger partial charge in [0.05, 0.1) is 17.4 Å². The molecule has 0 radical (unpaired) electrons. The third kappa shape index (κ3) is 2.27. The van der Waals surface area contributed by atoms with Gasteiger partial charge in [0, 0.05) is 0 Å². The van der Waals surface area contributed by atoms with E-state index < -0.39 is 28.9 Å². The largest absolute Gasteiger partial charge is 0.461 e. The van der Waals surface area contributed by atoms with E-state index in [0.29, 0.717) is 18.2 Å². The first-order chi connectivity index (χ1) is 8.39. The maximum absolute atomic E-state index is 13.4. The molecule has 6 heteroatoms. The fourth-order valence-corrected chi connectivity index (χ4v) is 1.42. The van der Waals surface area contributed by atoms with E-state index in [2.05, 4.69) is 0 Å². The van der Waals surface area contributed by atoms with Crippen molar-refractivity contribution in [3.8, 4) is 0 Å². The summed E-state index contributed by atoms with van der Waals surface area (Å²) in [4.78, 5) is 11.7. The van der Waals surface area contributed by atoms with Crippen LogP contribution in [0.3, 0.4) is 0 Å². The molecule has 1 aromatic carbocycles. The fourth-order valence-electron chi connectivity index (χ4n) is 1.42. The number of rotatable bonds is 2. The predicted molar refractivity (Wildman–Crippen MR) is 53.5 cm³/mol. The van der Waals surface area contributed by atoms with Crippen molar-refractivity contribution in [1.29, 1.82) is 0 Å². The molecule has 0 saturated heterocycles. The van der Waals surface area contributed by atoms with Gasteiger partial charge in [-0.2, -0.15) is 13.2 Å². The summed E-state index contributed by atoms with van der Waals surface area (Å²) in [5, 5.41) is 0. The lowest BCUT2D eigenvalue weighted by molar-refractivity contribution is -0.137. The number of hydrogen-bond acceptors (Lipinski definition) is 2. The molecule has 0 aliphatic rings. The van der Waals surface area contributed by atoms with E-state index in [4.69, 9.17) is 4.42 Å². The highest BCUT2D eigenvalue weighted by molar-refractivity contribution is 6.07. The van der Waals surface area contributed by atoms with Gasteiger partial charge in [0.25, 0.3) is 0 Å². The normalized spacial score (nSPS) is 11.6. The molecule has 2 nitrogen and oxygen atoms in total. The Morgan fingerprint density at radius 1 is 1.17 bits per heavy atom. The van der Waals surface area contributed by atoms with Gasteiger partial charge in [-0.25, -0.2) is 4.39 Å². The predicted octanol–water partition coefficient (Wildman–Crippen LogP) is 3.67. The third-order valence-electron chi connectivity index (χ3n) is 2.28. The molecule has 0 atom stereocenters. The first kappa shape index (κ1) is 12.3. The average molecular weight is 258 g/mol. The zero-order valence-electron chi connectivity index (χ0n) is 8.79. The van der Waals surface area contributed by atoms with Gasteiger partial charge in [0.15, 0.2) is 5.76 Å². The van der Waals surface area contributed by atoms with Gasteiger partial charge in [-0.3, -0.25) is 4.79 Å². The smallest absolute Gasteiger partial charge is 0.416 e. The van der Waals surface area contributed by atoms with Gasteiger partial charge < -0.3 is 4.42 Å². The van der Waals surface area contributed by atoms with Crippen LogP contribution >= 0.6 is 0 Å². The molecule has 0 fully saturated rings. The van der Waals surface area contributed by atoms with Crippen LogP contribution < -0.4 is 0 Å². The summed E-state index contributed by atoms with van der Waals surface area (Å²) in [6.45, 7) is 0. The van der Waals surface area contributed by atoms with Crippen molar-refractivity contribution in [3.63, 3.8) is 0 Å². The lowest BCUT2D eigenvalue weighted by Gasteiger charge is -2.08. The Morgan fingerprint density at radius 3 is 2.44 bits per heavy atom. The molecule has 0 saturated carbocycles. The van der Waals surface area contributed by atoms with Crippen molar-refractivity contribution in [1.82, 2.24) is 0 Å². The molecule has 0 bridgehead atoms. The number of carbonyl (C=O) groups is 1. The molecule has 1 aromatic heterocycles. The summed E-state index contributed by atoms with van der Waals surface area (Å²) in [6, 6.07) is 4.30. The Morgan fingerprint density at radius 2 is 1.89 bits per heavy atom. The second-order valence-electron chi connectivity index (χ2n) is 3.50. The van der Waals surface area contributed by atoms with Crippen LogP contribution in [0.15, 0.2) is 41.0 Å². The highest BCUT2D eigenvalue weighted by Crippen LogP contribution is 2.30. The van der Waals surface area contributed by atoms with E-state index in [1.807, 2.05) is 0 Å². The van der Waals surface area contributed by atoms with E-state index in [0.717, 1.165) is 0 Å². The second-order valence-corrected chi connectivity index (χ2v) is 3.50. The van der Waals surface area contributed by atoms with Crippen LogP contribution in [0.4, 0.5) is 17.6 Å². The minimum atomic E-state index is -4.63. The third-order valence-corrected chi connectivity index (χ3v) is 2.28. The van der Waals surface area contributed by atoms with E-state index in [1.165, 1.54) is 18.4 Å². The van der Waals surface area contributed by atoms with Crippen molar-refractivity contribution < 1.29 is 26.8 Å². The Balaban J connectivity index is 2.48. The van der Waals surface area contributed by atoms with Crippen LogP contribution in [0.5, 0.6) is 0 Å². The zero-order valence-corrected chi connectivity index (χ0v) is 8.79. The number of ketones is 1. The molecule has 94 valence electrons. The van der Waals surface area contributed by atoms with Crippen LogP contribution in [0, 0.1) is 5.82 Å². The van der Waals surface area contributed by atoms with Gasteiger partial charge >= 0.3 is 6.18 Å². The Labute approximate surface area is 98.8 Å². The van der Waals surface area contributed by atoms with Crippen LogP contribution in [0.25, 0.3) is 0 Å². The quantitative estimate of drug-likeness (QED) is 0.607. The summed E-state index contributed by atoms with van der Waals surface area (Å²) < 4.78 is 55.4. The zero-order chi connectivity index (χ0) is 13.3. The minimum Gasteiger partial charge on any atom is -0.461 e. The van der Waals surface area contributed by atoms with Crippen LogP contribution in [0.2, 0.25) is 0 Å². The van der Waals surface area contributed by atoms with Gasteiger partial charge in [0.2, 0.25) is 5.78 Å².